The van der Waals surface area contributed by atoms with Crippen LogP contribution in [-0.4, -0.2) is 21.3 Å². The first-order valence-corrected chi connectivity index (χ1v) is 7.55. The molecule has 0 amide bonds. The van der Waals surface area contributed by atoms with E-state index in [1.807, 2.05) is 41.4 Å². The Bertz CT molecular complexity index is 813. The molecule has 3 heterocycles. The van der Waals surface area contributed by atoms with Crippen molar-refractivity contribution in [3.05, 3.63) is 53.4 Å². The number of nitrogen functional groups attached to an aromatic ring is 1. The molecule has 0 unspecified atom stereocenters. The molecule has 0 saturated carbocycles. The van der Waals surface area contributed by atoms with E-state index in [1.54, 1.807) is 23.6 Å². The van der Waals surface area contributed by atoms with Gasteiger partial charge in [0.2, 0.25) is 0 Å². The van der Waals surface area contributed by atoms with E-state index in [1.165, 1.54) is 0 Å². The number of imidazole rings is 1. The standard InChI is InChI=1S/C16H15N5S/c1-11-19-9-14(15-4-3-7-22-15)21(11)10-13(18-2)12-5-6-16(17)20-8-12/h3-10H,2H2,1H3,(H2,17,20)/b13-10-. The Hall–Kier alpha value is -2.73. The molecule has 3 aromatic heterocycles. The Kier molecular flexibility index (Phi) is 3.84. The van der Waals surface area contributed by atoms with E-state index < -0.39 is 0 Å². The second-order valence-electron chi connectivity index (χ2n) is 4.68. The van der Waals surface area contributed by atoms with Crippen LogP contribution >= 0.6 is 11.3 Å². The minimum absolute atomic E-state index is 0.477. The molecule has 0 radical (unpaired) electrons. The maximum atomic E-state index is 5.63. The van der Waals surface area contributed by atoms with Gasteiger partial charge < -0.3 is 10.3 Å². The van der Waals surface area contributed by atoms with Crippen molar-refractivity contribution in [2.24, 2.45) is 4.99 Å². The van der Waals surface area contributed by atoms with Gasteiger partial charge in [-0.25, -0.2) is 9.97 Å². The molecule has 2 N–H and O–H groups in total. The lowest BCUT2D eigenvalue weighted by atomic mass is 10.2. The van der Waals surface area contributed by atoms with Crippen LogP contribution < -0.4 is 5.73 Å². The number of nitrogens with zero attached hydrogens (tertiary/aromatic N) is 4. The zero-order chi connectivity index (χ0) is 15.5. The first-order valence-electron chi connectivity index (χ1n) is 6.67. The van der Waals surface area contributed by atoms with Crippen LogP contribution in [-0.2, 0) is 0 Å². The molecule has 22 heavy (non-hydrogen) atoms. The van der Waals surface area contributed by atoms with E-state index in [9.17, 15) is 0 Å². The topological polar surface area (TPSA) is 69.1 Å². The monoisotopic (exact) mass is 309 g/mol. The van der Waals surface area contributed by atoms with Gasteiger partial charge in [0.1, 0.15) is 11.6 Å². The lowest BCUT2D eigenvalue weighted by molar-refractivity contribution is 1.03. The normalized spacial score (nSPS) is 11.6. The number of hydrogen-bond donors (Lipinski definition) is 1. The molecule has 0 bridgehead atoms. The highest BCUT2D eigenvalue weighted by atomic mass is 32.1. The van der Waals surface area contributed by atoms with Crippen molar-refractivity contribution in [2.75, 3.05) is 5.73 Å². The van der Waals surface area contributed by atoms with Crippen molar-refractivity contribution in [3.63, 3.8) is 0 Å². The average Bonchev–Trinajstić information content (AvgIpc) is 3.16. The van der Waals surface area contributed by atoms with Crippen LogP contribution in [0.2, 0.25) is 0 Å². The third kappa shape index (κ3) is 2.68. The molecule has 0 aliphatic rings. The number of aromatic nitrogens is 3. The minimum atomic E-state index is 0.477. The number of thiophene rings is 1. The van der Waals surface area contributed by atoms with Crippen molar-refractivity contribution in [1.82, 2.24) is 14.5 Å². The Morgan fingerprint density at radius 1 is 1.32 bits per heavy atom. The third-order valence-electron chi connectivity index (χ3n) is 3.26. The molecule has 0 aromatic carbocycles. The van der Waals surface area contributed by atoms with Crippen molar-refractivity contribution in [1.29, 1.82) is 0 Å². The highest BCUT2D eigenvalue weighted by Crippen LogP contribution is 2.27. The molecule has 6 heteroatoms. The summed E-state index contributed by atoms with van der Waals surface area (Å²) in [6.07, 6.45) is 5.46. The number of aryl methyl sites for hydroxylation is 1. The second-order valence-corrected chi connectivity index (χ2v) is 5.63. The Labute approximate surface area is 132 Å². The molecule has 0 fully saturated rings. The van der Waals surface area contributed by atoms with E-state index in [-0.39, 0.29) is 0 Å². The molecule has 0 aliphatic heterocycles. The van der Waals surface area contributed by atoms with Crippen LogP contribution in [0.3, 0.4) is 0 Å². The van der Waals surface area contributed by atoms with Gasteiger partial charge in [-0.1, -0.05) is 6.07 Å². The summed E-state index contributed by atoms with van der Waals surface area (Å²) in [6.45, 7) is 5.61. The number of aliphatic imine (C=N–C) groups is 1. The summed E-state index contributed by atoms with van der Waals surface area (Å²) in [5, 5.41) is 2.04. The molecule has 0 aliphatic carbocycles. The Morgan fingerprint density at radius 2 is 2.18 bits per heavy atom. The summed E-state index contributed by atoms with van der Waals surface area (Å²) >= 11 is 1.67. The molecule has 3 aromatic rings. The summed E-state index contributed by atoms with van der Waals surface area (Å²) in [5.74, 6) is 1.36. The summed E-state index contributed by atoms with van der Waals surface area (Å²) in [4.78, 5) is 13.8. The van der Waals surface area contributed by atoms with Gasteiger partial charge in [-0.2, -0.15) is 0 Å². The van der Waals surface area contributed by atoms with Gasteiger partial charge in [0.05, 0.1) is 22.5 Å². The summed E-state index contributed by atoms with van der Waals surface area (Å²) in [7, 11) is 0. The number of rotatable bonds is 4. The van der Waals surface area contributed by atoms with Crippen LogP contribution in [0.5, 0.6) is 0 Å². The van der Waals surface area contributed by atoms with Crippen LogP contribution in [0.1, 0.15) is 11.4 Å². The lowest BCUT2D eigenvalue weighted by Crippen LogP contribution is -1.96. The first kappa shape index (κ1) is 14.2. The highest BCUT2D eigenvalue weighted by molar-refractivity contribution is 7.13. The van der Waals surface area contributed by atoms with E-state index in [0.717, 1.165) is 22.0 Å². The zero-order valence-electron chi connectivity index (χ0n) is 12.1. The molecule has 3 rings (SSSR count). The average molecular weight is 309 g/mol. The molecular weight excluding hydrogens is 294 g/mol. The van der Waals surface area contributed by atoms with Crippen LogP contribution in [0.25, 0.3) is 22.5 Å². The lowest BCUT2D eigenvalue weighted by Gasteiger charge is -2.07. The largest absolute Gasteiger partial charge is 0.384 e. The van der Waals surface area contributed by atoms with Crippen molar-refractivity contribution < 1.29 is 0 Å². The summed E-state index contributed by atoms with van der Waals surface area (Å²) in [5.41, 5.74) is 8.22. The zero-order valence-corrected chi connectivity index (χ0v) is 12.9. The van der Waals surface area contributed by atoms with E-state index in [4.69, 9.17) is 5.73 Å². The number of nitrogens with two attached hydrogens (primary N) is 1. The fraction of sp³-hybridized carbons (Fsp3) is 0.0625. The number of anilines is 1. The van der Waals surface area contributed by atoms with Crippen LogP contribution in [0, 0.1) is 6.92 Å². The fourth-order valence-electron chi connectivity index (χ4n) is 2.11. The maximum absolute atomic E-state index is 5.63. The SMILES string of the molecule is C=N/C(=C\n1c(-c2cccs2)cnc1C)c1ccc(N)nc1. The molecule has 110 valence electrons. The van der Waals surface area contributed by atoms with Gasteiger partial charge in [-0.05, 0) is 37.2 Å². The quantitative estimate of drug-likeness (QED) is 0.749. The van der Waals surface area contributed by atoms with Crippen LogP contribution in [0.15, 0.2) is 47.0 Å². The Morgan fingerprint density at radius 3 is 2.82 bits per heavy atom. The predicted molar refractivity (Wildman–Crippen MR) is 92.6 cm³/mol. The van der Waals surface area contributed by atoms with Crippen LogP contribution in [0.4, 0.5) is 5.82 Å². The Balaban J connectivity index is 2.08. The van der Waals surface area contributed by atoms with Gasteiger partial charge in [0.25, 0.3) is 0 Å². The predicted octanol–water partition coefficient (Wildman–Crippen LogP) is 3.55. The molecule has 0 saturated heterocycles. The summed E-state index contributed by atoms with van der Waals surface area (Å²) in [6, 6.07) is 7.71. The highest BCUT2D eigenvalue weighted by Gasteiger charge is 2.10. The first-order chi connectivity index (χ1) is 10.7. The minimum Gasteiger partial charge on any atom is -0.384 e. The molecule has 0 spiro atoms. The fourth-order valence-corrected chi connectivity index (χ4v) is 2.84. The molecule has 5 nitrogen and oxygen atoms in total. The molecular formula is C16H15N5S. The van der Waals surface area contributed by atoms with Crippen molar-refractivity contribution >= 4 is 35.8 Å². The molecule has 0 atom stereocenters. The van der Waals surface area contributed by atoms with Crippen molar-refractivity contribution in [2.45, 2.75) is 6.92 Å². The summed E-state index contributed by atoms with van der Waals surface area (Å²) < 4.78 is 2.01. The van der Waals surface area contributed by atoms with E-state index >= 15 is 0 Å². The maximum Gasteiger partial charge on any atom is 0.123 e. The van der Waals surface area contributed by atoms with Crippen molar-refractivity contribution in [3.8, 4) is 10.6 Å². The van der Waals surface area contributed by atoms with E-state index in [2.05, 4.69) is 27.7 Å². The third-order valence-corrected chi connectivity index (χ3v) is 4.15. The van der Waals surface area contributed by atoms with Gasteiger partial charge >= 0.3 is 0 Å². The number of hydrogen-bond acceptors (Lipinski definition) is 5. The number of pyridine rings is 1. The van der Waals surface area contributed by atoms with Gasteiger partial charge in [-0.15, -0.1) is 11.3 Å². The van der Waals surface area contributed by atoms with Gasteiger partial charge in [-0.3, -0.25) is 4.99 Å². The van der Waals surface area contributed by atoms with Gasteiger partial charge in [0, 0.05) is 18.0 Å². The van der Waals surface area contributed by atoms with E-state index in [0.29, 0.717) is 11.5 Å². The van der Waals surface area contributed by atoms with Gasteiger partial charge in [0.15, 0.2) is 0 Å². The smallest absolute Gasteiger partial charge is 0.123 e. The second kappa shape index (κ2) is 5.95.